The van der Waals surface area contributed by atoms with Gasteiger partial charge in [0.15, 0.2) is 17.4 Å². The Morgan fingerprint density at radius 3 is 1.12 bits per heavy atom. The second kappa shape index (κ2) is 26.4. The normalized spacial score (nSPS) is 3.00. The van der Waals surface area contributed by atoms with Crippen LogP contribution in [0, 0.1) is 0 Å². The third kappa shape index (κ3) is 1520. The first-order chi connectivity index (χ1) is 1.73. The van der Waals surface area contributed by atoms with Crippen LogP contribution in [-0.2, 0) is 19.5 Å². The van der Waals surface area contributed by atoms with Crippen molar-refractivity contribution in [1.82, 2.24) is 0 Å². The summed E-state index contributed by atoms with van der Waals surface area (Å²) in [6.45, 7) is 0. The summed E-state index contributed by atoms with van der Waals surface area (Å²) in [5.74, 6) is 0. The van der Waals surface area contributed by atoms with Gasteiger partial charge < -0.3 is 21.2 Å². The van der Waals surface area contributed by atoms with Crippen LogP contribution in [0.15, 0.2) is 0 Å². The zero-order valence-electron chi connectivity index (χ0n) is 3.51. The summed E-state index contributed by atoms with van der Waals surface area (Å²) >= 11 is 0. The van der Waals surface area contributed by atoms with Crippen LogP contribution in [-0.4, -0.2) is 44.7 Å². The van der Waals surface area contributed by atoms with Gasteiger partial charge >= 0.3 is 6.16 Å². The number of hydrogen-bond donors (Lipinski definition) is 2. The van der Waals surface area contributed by atoms with Crippen molar-refractivity contribution < 1.29 is 45.4 Å². The monoisotopic (exact) mass is 192 g/mol. The van der Waals surface area contributed by atoms with Crippen molar-refractivity contribution in [1.29, 1.82) is 0 Å². The van der Waals surface area contributed by atoms with E-state index in [0.29, 0.717) is 0 Å². The Balaban J connectivity index is -0.00000000750. The topological polar surface area (TPSA) is 121 Å². The predicted molar refractivity (Wildman–Crippen MR) is 27.8 cm³/mol. The van der Waals surface area contributed by atoms with E-state index in [0.717, 1.165) is 0 Å². The first-order valence-electron chi connectivity index (χ1n) is 0.651. The molecule has 0 bridgehead atoms. The Morgan fingerprint density at radius 2 is 1.12 bits per heavy atom. The minimum Gasteiger partial charge on any atom is -0.450 e. The van der Waals surface area contributed by atoms with Gasteiger partial charge in [-0.15, -0.1) is 0 Å². The average molecular weight is 193 g/mol. The molecule has 0 rings (SSSR count). The Hall–Kier alpha value is 0.346. The van der Waals surface area contributed by atoms with E-state index in [2.05, 4.69) is 0 Å². The van der Waals surface area contributed by atoms with Crippen molar-refractivity contribution in [2.75, 3.05) is 0 Å². The average Bonchev–Trinajstić information content (AvgIpc) is 0.811. The molecule has 0 aromatic heterocycles. The van der Waals surface area contributed by atoms with Crippen LogP contribution in [0.25, 0.3) is 0 Å². The van der Waals surface area contributed by atoms with Crippen LogP contribution in [0.4, 0.5) is 4.79 Å². The molecule has 0 heterocycles. The number of carbonyl (C=O) groups is 1. The maximum atomic E-state index is 8.56. The van der Waals surface area contributed by atoms with E-state index in [1.807, 2.05) is 0 Å². The molecular weight excluding hydrogens is 184 g/mol. The molecule has 0 aliphatic rings. The van der Waals surface area contributed by atoms with E-state index in [9.17, 15) is 0 Å². The van der Waals surface area contributed by atoms with Gasteiger partial charge in [0.1, 0.15) is 0 Å². The third-order valence-electron chi connectivity index (χ3n) is 0. The molecule has 0 saturated carbocycles. The quantitative estimate of drug-likeness (QED) is 0.410. The minimum absolute atomic E-state index is 0. The largest absolute Gasteiger partial charge is 0.503 e. The predicted octanol–water partition coefficient (Wildman–Crippen LogP) is -2.61. The molecule has 0 aromatic carbocycles. The summed E-state index contributed by atoms with van der Waals surface area (Å²) in [7, 11) is 0. The van der Waals surface area contributed by atoms with E-state index in [-0.39, 0.29) is 47.8 Å². The molecule has 0 saturated heterocycles. The van der Waals surface area contributed by atoms with Gasteiger partial charge in [-0.2, -0.15) is 0 Å². The third-order valence-corrected chi connectivity index (χ3v) is 0. The second-order valence-electron chi connectivity index (χ2n) is 0.283. The molecule has 7 heteroatoms. The van der Waals surface area contributed by atoms with Gasteiger partial charge in [0.05, 0.1) is 0 Å². The molecule has 0 fully saturated rings. The van der Waals surface area contributed by atoms with Crippen LogP contribution < -0.4 is 0 Å². The standard InChI is InChI=1S/CH2O3.Al.2H2O.Zn.3H/c2-1(3)4;;;;;;;/h(H2,2,3,4);;2*1H2;;;;. The molecule has 0 aliphatic carbocycles. The Kier molecular flexibility index (Phi) is 133. The van der Waals surface area contributed by atoms with E-state index >= 15 is 0 Å². The van der Waals surface area contributed by atoms with Gasteiger partial charge in [-0.1, -0.05) is 0 Å². The zero-order valence-corrected chi connectivity index (χ0v) is 6.48. The minimum atomic E-state index is -1.83. The van der Waals surface area contributed by atoms with E-state index in [1.165, 1.54) is 0 Å². The first kappa shape index (κ1) is 40.2. The molecular formula is CH9AlO5Zn. The molecule has 0 unspecified atom stereocenters. The summed E-state index contributed by atoms with van der Waals surface area (Å²) in [5.41, 5.74) is 0. The fraction of sp³-hybridized carbons (Fsp3) is 0. The molecule has 0 spiro atoms. The number of carboxylic acid groups (broad SMARTS) is 2. The van der Waals surface area contributed by atoms with Crippen molar-refractivity contribution in [3.63, 3.8) is 0 Å². The maximum absolute atomic E-state index is 8.56. The second-order valence-corrected chi connectivity index (χ2v) is 0.283. The molecule has 5 nitrogen and oxygen atoms in total. The van der Waals surface area contributed by atoms with Gasteiger partial charge in [0.2, 0.25) is 0 Å². The summed E-state index contributed by atoms with van der Waals surface area (Å²) in [4.78, 5) is 8.56. The molecule has 48 valence electrons. The van der Waals surface area contributed by atoms with Crippen LogP contribution in [0.1, 0.15) is 0 Å². The van der Waals surface area contributed by atoms with Gasteiger partial charge in [-0.3, -0.25) is 0 Å². The Labute approximate surface area is 69.2 Å². The first-order valence-corrected chi connectivity index (χ1v) is 0.651. The summed E-state index contributed by atoms with van der Waals surface area (Å²) in [6, 6.07) is 0. The van der Waals surface area contributed by atoms with Crippen LogP contribution in [0.2, 0.25) is 0 Å². The SMILES string of the molecule is O.O.O=C(O)O.[AlH3].[Zn]. The molecule has 6 N–H and O–H groups in total. The van der Waals surface area contributed by atoms with E-state index < -0.39 is 6.16 Å². The Morgan fingerprint density at radius 1 is 1.12 bits per heavy atom. The van der Waals surface area contributed by atoms with Crippen molar-refractivity contribution in [2.24, 2.45) is 0 Å². The number of hydrogen-bond acceptors (Lipinski definition) is 1. The van der Waals surface area contributed by atoms with Gasteiger partial charge in [0.25, 0.3) is 0 Å². The van der Waals surface area contributed by atoms with Crippen molar-refractivity contribution in [3.8, 4) is 0 Å². The number of rotatable bonds is 0. The van der Waals surface area contributed by atoms with Crippen LogP contribution >= 0.6 is 0 Å². The van der Waals surface area contributed by atoms with Gasteiger partial charge in [-0.25, -0.2) is 4.79 Å². The van der Waals surface area contributed by atoms with Gasteiger partial charge in [-0.05, 0) is 0 Å². The molecule has 8 heavy (non-hydrogen) atoms. The molecule has 0 aliphatic heterocycles. The summed E-state index contributed by atoms with van der Waals surface area (Å²) in [6.07, 6.45) is -1.83. The zero-order chi connectivity index (χ0) is 3.58. The summed E-state index contributed by atoms with van der Waals surface area (Å²) in [5, 5.41) is 13.9. The van der Waals surface area contributed by atoms with Crippen LogP contribution in [0.5, 0.6) is 0 Å². The van der Waals surface area contributed by atoms with Crippen LogP contribution in [0.3, 0.4) is 0 Å². The molecule has 0 atom stereocenters. The Bertz CT molecular complexity index is 35.4. The molecule has 0 radical (unpaired) electrons. The van der Waals surface area contributed by atoms with E-state index in [1.54, 1.807) is 0 Å². The van der Waals surface area contributed by atoms with E-state index in [4.69, 9.17) is 15.0 Å². The van der Waals surface area contributed by atoms with Crippen molar-refractivity contribution >= 4 is 23.5 Å². The maximum Gasteiger partial charge on any atom is 0.503 e. The fourth-order valence-corrected chi connectivity index (χ4v) is 0. The summed E-state index contributed by atoms with van der Waals surface area (Å²) < 4.78 is 0. The molecule has 0 amide bonds. The van der Waals surface area contributed by atoms with Crippen molar-refractivity contribution in [3.05, 3.63) is 0 Å². The molecule has 0 aromatic rings. The van der Waals surface area contributed by atoms with Gasteiger partial charge in [0, 0.05) is 19.5 Å². The van der Waals surface area contributed by atoms with Crippen molar-refractivity contribution in [2.45, 2.75) is 0 Å². The smallest absolute Gasteiger partial charge is 0.450 e. The fourth-order valence-electron chi connectivity index (χ4n) is 0.